The van der Waals surface area contributed by atoms with Crippen LogP contribution >= 0.6 is 0 Å². The third kappa shape index (κ3) is 3.29. The minimum Gasteiger partial charge on any atom is -0.495 e. The zero-order chi connectivity index (χ0) is 14.5. The molecular weight excluding hydrogens is 252 g/mol. The van der Waals surface area contributed by atoms with Crippen molar-refractivity contribution >= 4 is 11.6 Å². The summed E-state index contributed by atoms with van der Waals surface area (Å²) in [6.07, 6.45) is 0. The first-order valence-electron chi connectivity index (χ1n) is 6.37. The molecule has 1 amide bonds. The number of rotatable bonds is 5. The van der Waals surface area contributed by atoms with Crippen molar-refractivity contribution in [3.63, 3.8) is 0 Å². The van der Waals surface area contributed by atoms with Crippen LogP contribution in [0.3, 0.4) is 0 Å². The quantitative estimate of drug-likeness (QED) is 0.878. The van der Waals surface area contributed by atoms with E-state index >= 15 is 0 Å². The standard InChI is InChI=1S/C16H18N2O2/c1-11-3-8-15(20-2)14(9-11)18-10-12-4-6-13(7-5-12)16(17)19/h3-9,18H,10H2,1-2H3,(H2,17,19). The van der Waals surface area contributed by atoms with Crippen LogP contribution in [0.1, 0.15) is 21.5 Å². The fraction of sp³-hybridized carbons (Fsp3) is 0.188. The normalized spacial score (nSPS) is 10.1. The van der Waals surface area contributed by atoms with E-state index in [0.717, 1.165) is 22.6 Å². The molecular formula is C16H18N2O2. The zero-order valence-electron chi connectivity index (χ0n) is 11.6. The number of amides is 1. The van der Waals surface area contributed by atoms with Crippen molar-refractivity contribution in [2.45, 2.75) is 13.5 Å². The number of primary amides is 1. The van der Waals surface area contributed by atoms with Crippen LogP contribution in [0.15, 0.2) is 42.5 Å². The molecule has 0 aromatic heterocycles. The number of hydrogen-bond acceptors (Lipinski definition) is 3. The number of ether oxygens (including phenoxy) is 1. The number of carbonyl (C=O) groups is 1. The number of benzene rings is 2. The van der Waals surface area contributed by atoms with Gasteiger partial charge in [0, 0.05) is 12.1 Å². The lowest BCUT2D eigenvalue weighted by Gasteiger charge is -2.12. The van der Waals surface area contributed by atoms with Crippen LogP contribution in [0.25, 0.3) is 0 Å². The molecule has 0 bridgehead atoms. The largest absolute Gasteiger partial charge is 0.495 e. The Kier molecular flexibility index (Phi) is 4.25. The molecule has 0 saturated carbocycles. The summed E-state index contributed by atoms with van der Waals surface area (Å²) >= 11 is 0. The van der Waals surface area contributed by atoms with E-state index in [0.29, 0.717) is 12.1 Å². The third-order valence-electron chi connectivity index (χ3n) is 3.08. The first kappa shape index (κ1) is 13.9. The molecule has 0 fully saturated rings. The van der Waals surface area contributed by atoms with Crippen LogP contribution in [0.4, 0.5) is 5.69 Å². The Morgan fingerprint density at radius 1 is 1.20 bits per heavy atom. The second-order valence-electron chi connectivity index (χ2n) is 4.62. The summed E-state index contributed by atoms with van der Waals surface area (Å²) < 4.78 is 5.32. The molecule has 0 aliphatic carbocycles. The Hall–Kier alpha value is -2.49. The molecule has 4 heteroatoms. The Bertz CT molecular complexity index is 606. The van der Waals surface area contributed by atoms with Crippen molar-refractivity contribution in [2.24, 2.45) is 5.73 Å². The second kappa shape index (κ2) is 6.10. The molecule has 4 nitrogen and oxygen atoms in total. The van der Waals surface area contributed by atoms with Crippen molar-refractivity contribution in [1.82, 2.24) is 0 Å². The summed E-state index contributed by atoms with van der Waals surface area (Å²) in [5.74, 6) is 0.397. The fourth-order valence-electron chi connectivity index (χ4n) is 1.94. The molecule has 0 aliphatic rings. The van der Waals surface area contributed by atoms with E-state index in [1.54, 1.807) is 19.2 Å². The average molecular weight is 270 g/mol. The van der Waals surface area contributed by atoms with Crippen LogP contribution < -0.4 is 15.8 Å². The van der Waals surface area contributed by atoms with Crippen molar-refractivity contribution < 1.29 is 9.53 Å². The highest BCUT2D eigenvalue weighted by atomic mass is 16.5. The van der Waals surface area contributed by atoms with Gasteiger partial charge in [0.25, 0.3) is 0 Å². The van der Waals surface area contributed by atoms with E-state index in [1.807, 2.05) is 37.3 Å². The maximum atomic E-state index is 11.0. The number of methoxy groups -OCH3 is 1. The van der Waals surface area contributed by atoms with E-state index in [9.17, 15) is 4.79 Å². The second-order valence-corrected chi connectivity index (χ2v) is 4.62. The molecule has 20 heavy (non-hydrogen) atoms. The van der Waals surface area contributed by atoms with E-state index in [4.69, 9.17) is 10.5 Å². The molecule has 0 unspecified atom stereocenters. The molecule has 0 radical (unpaired) electrons. The van der Waals surface area contributed by atoms with Gasteiger partial charge in [0.1, 0.15) is 5.75 Å². The molecule has 2 rings (SSSR count). The van der Waals surface area contributed by atoms with Gasteiger partial charge in [-0.2, -0.15) is 0 Å². The monoisotopic (exact) mass is 270 g/mol. The Morgan fingerprint density at radius 3 is 2.50 bits per heavy atom. The number of nitrogens with one attached hydrogen (secondary N) is 1. The molecule has 0 spiro atoms. The summed E-state index contributed by atoms with van der Waals surface area (Å²) in [6, 6.07) is 13.2. The Labute approximate surface area is 118 Å². The van der Waals surface area contributed by atoms with E-state index in [1.165, 1.54) is 0 Å². The molecule has 2 aromatic rings. The van der Waals surface area contributed by atoms with Crippen LogP contribution in [0, 0.1) is 6.92 Å². The van der Waals surface area contributed by atoms with Crippen molar-refractivity contribution in [3.05, 3.63) is 59.2 Å². The van der Waals surface area contributed by atoms with Gasteiger partial charge in [-0.3, -0.25) is 4.79 Å². The SMILES string of the molecule is COc1ccc(C)cc1NCc1ccc(C(N)=O)cc1. The molecule has 2 aromatic carbocycles. The zero-order valence-corrected chi connectivity index (χ0v) is 11.6. The fourth-order valence-corrected chi connectivity index (χ4v) is 1.94. The van der Waals surface area contributed by atoms with Crippen molar-refractivity contribution in [2.75, 3.05) is 12.4 Å². The van der Waals surface area contributed by atoms with Gasteiger partial charge < -0.3 is 15.8 Å². The van der Waals surface area contributed by atoms with Gasteiger partial charge in [0.05, 0.1) is 12.8 Å². The minimum atomic E-state index is -0.412. The number of nitrogens with two attached hydrogens (primary N) is 1. The van der Waals surface area contributed by atoms with Gasteiger partial charge in [-0.25, -0.2) is 0 Å². The lowest BCUT2D eigenvalue weighted by molar-refractivity contribution is 0.100. The molecule has 0 saturated heterocycles. The van der Waals surface area contributed by atoms with E-state index in [2.05, 4.69) is 5.32 Å². The molecule has 104 valence electrons. The van der Waals surface area contributed by atoms with Gasteiger partial charge in [0.2, 0.25) is 5.91 Å². The van der Waals surface area contributed by atoms with Crippen LogP contribution in [0.5, 0.6) is 5.75 Å². The Morgan fingerprint density at radius 2 is 1.90 bits per heavy atom. The maximum absolute atomic E-state index is 11.0. The highest BCUT2D eigenvalue weighted by molar-refractivity contribution is 5.92. The predicted molar refractivity (Wildman–Crippen MR) is 80.0 cm³/mol. The smallest absolute Gasteiger partial charge is 0.248 e. The summed E-state index contributed by atoms with van der Waals surface area (Å²) in [5.41, 5.74) is 8.91. The number of anilines is 1. The van der Waals surface area contributed by atoms with E-state index < -0.39 is 5.91 Å². The average Bonchev–Trinajstić information content (AvgIpc) is 2.45. The van der Waals surface area contributed by atoms with Gasteiger partial charge in [-0.15, -0.1) is 0 Å². The highest BCUT2D eigenvalue weighted by Crippen LogP contribution is 2.25. The highest BCUT2D eigenvalue weighted by Gasteiger charge is 2.04. The molecule has 0 aliphatic heterocycles. The molecule has 0 heterocycles. The van der Waals surface area contributed by atoms with Crippen molar-refractivity contribution in [1.29, 1.82) is 0 Å². The lowest BCUT2D eigenvalue weighted by atomic mass is 10.1. The first-order valence-corrected chi connectivity index (χ1v) is 6.37. The minimum absolute atomic E-state index is 0.412. The van der Waals surface area contributed by atoms with Crippen LogP contribution in [-0.2, 0) is 6.54 Å². The number of aryl methyl sites for hydroxylation is 1. The number of hydrogen-bond donors (Lipinski definition) is 2. The molecule has 3 N–H and O–H groups in total. The number of carbonyl (C=O) groups excluding carboxylic acids is 1. The lowest BCUT2D eigenvalue weighted by Crippen LogP contribution is -2.10. The van der Waals surface area contributed by atoms with Gasteiger partial charge in [-0.05, 0) is 42.3 Å². The topological polar surface area (TPSA) is 64.3 Å². The Balaban J connectivity index is 2.08. The van der Waals surface area contributed by atoms with Crippen LogP contribution in [0.2, 0.25) is 0 Å². The van der Waals surface area contributed by atoms with Gasteiger partial charge in [0.15, 0.2) is 0 Å². The van der Waals surface area contributed by atoms with E-state index in [-0.39, 0.29) is 0 Å². The van der Waals surface area contributed by atoms with Gasteiger partial charge in [-0.1, -0.05) is 18.2 Å². The first-order chi connectivity index (χ1) is 9.60. The summed E-state index contributed by atoms with van der Waals surface area (Å²) in [4.78, 5) is 11.0. The van der Waals surface area contributed by atoms with Crippen LogP contribution in [-0.4, -0.2) is 13.0 Å². The summed E-state index contributed by atoms with van der Waals surface area (Å²) in [7, 11) is 1.65. The summed E-state index contributed by atoms with van der Waals surface area (Å²) in [6.45, 7) is 2.69. The van der Waals surface area contributed by atoms with Gasteiger partial charge >= 0.3 is 0 Å². The summed E-state index contributed by atoms with van der Waals surface area (Å²) in [5, 5.41) is 3.33. The predicted octanol–water partition coefficient (Wildman–Crippen LogP) is 2.71. The third-order valence-corrected chi connectivity index (χ3v) is 3.08. The molecule has 0 atom stereocenters. The maximum Gasteiger partial charge on any atom is 0.248 e. The van der Waals surface area contributed by atoms with Crippen molar-refractivity contribution in [3.8, 4) is 5.75 Å².